The maximum absolute atomic E-state index is 12.3. The zero-order valence-electron chi connectivity index (χ0n) is 13.4. The number of aromatic nitrogens is 3. The molecule has 3 rings (SSSR count). The first kappa shape index (κ1) is 15.5. The van der Waals surface area contributed by atoms with Crippen LogP contribution in [-0.4, -0.2) is 23.2 Å². The van der Waals surface area contributed by atoms with E-state index in [1.165, 1.54) is 17.1 Å². The summed E-state index contributed by atoms with van der Waals surface area (Å²) in [5, 5.41) is 3.87. The molecule has 23 heavy (non-hydrogen) atoms. The van der Waals surface area contributed by atoms with Crippen LogP contribution in [0.1, 0.15) is 26.7 Å². The molecule has 0 saturated carbocycles. The van der Waals surface area contributed by atoms with Crippen LogP contribution in [-0.2, 0) is 22.5 Å². The van der Waals surface area contributed by atoms with E-state index in [1.807, 2.05) is 20.8 Å². The standard InChI is InChI=1S/C15H18N4O3S/c1-15(2,3)14-17-12-7-10(5-6-13(12)22-14)18-23(20,21)11-8-16-19(4)9-11/h5-9,18H,1-4H3. The Bertz CT molecular complexity index is 964. The second-order valence-corrected chi connectivity index (χ2v) is 8.09. The van der Waals surface area contributed by atoms with Gasteiger partial charge in [0, 0.05) is 18.7 Å². The van der Waals surface area contributed by atoms with E-state index in [0.29, 0.717) is 22.7 Å². The Morgan fingerprint density at radius 1 is 1.26 bits per heavy atom. The van der Waals surface area contributed by atoms with E-state index in [0.717, 1.165) is 0 Å². The Morgan fingerprint density at radius 2 is 2.00 bits per heavy atom. The van der Waals surface area contributed by atoms with Crippen LogP contribution in [0.15, 0.2) is 39.9 Å². The number of sulfonamides is 1. The Hall–Kier alpha value is -2.35. The minimum Gasteiger partial charge on any atom is -0.440 e. The van der Waals surface area contributed by atoms with Crippen LogP contribution in [0.25, 0.3) is 11.1 Å². The summed E-state index contributed by atoms with van der Waals surface area (Å²) < 4.78 is 34.3. The third kappa shape index (κ3) is 3.07. The Labute approximate surface area is 134 Å². The van der Waals surface area contributed by atoms with E-state index in [4.69, 9.17) is 4.42 Å². The molecule has 122 valence electrons. The Balaban J connectivity index is 1.95. The molecule has 0 saturated heterocycles. The van der Waals surface area contributed by atoms with Gasteiger partial charge in [0.25, 0.3) is 10.0 Å². The lowest BCUT2D eigenvalue weighted by Crippen LogP contribution is -2.12. The summed E-state index contributed by atoms with van der Waals surface area (Å²) in [7, 11) is -2.01. The summed E-state index contributed by atoms with van der Waals surface area (Å²) in [5.74, 6) is 0.611. The van der Waals surface area contributed by atoms with Crippen LogP contribution in [0.3, 0.4) is 0 Å². The molecule has 0 atom stereocenters. The summed E-state index contributed by atoms with van der Waals surface area (Å²) >= 11 is 0. The third-order valence-corrected chi connectivity index (χ3v) is 4.61. The summed E-state index contributed by atoms with van der Waals surface area (Å²) in [4.78, 5) is 4.54. The average molecular weight is 334 g/mol. The van der Waals surface area contributed by atoms with Crippen molar-refractivity contribution in [2.24, 2.45) is 7.05 Å². The monoisotopic (exact) mass is 334 g/mol. The molecule has 0 radical (unpaired) electrons. The van der Waals surface area contributed by atoms with Gasteiger partial charge in [-0.05, 0) is 18.2 Å². The van der Waals surface area contributed by atoms with Crippen molar-refractivity contribution in [3.05, 3.63) is 36.5 Å². The van der Waals surface area contributed by atoms with Gasteiger partial charge in [-0.1, -0.05) is 20.8 Å². The zero-order chi connectivity index (χ0) is 16.8. The first-order valence-electron chi connectivity index (χ1n) is 7.08. The molecule has 0 aliphatic carbocycles. The number of aryl methyl sites for hydroxylation is 1. The van der Waals surface area contributed by atoms with Crippen molar-refractivity contribution in [1.82, 2.24) is 14.8 Å². The smallest absolute Gasteiger partial charge is 0.265 e. The van der Waals surface area contributed by atoms with Crippen molar-refractivity contribution in [2.45, 2.75) is 31.1 Å². The highest BCUT2D eigenvalue weighted by Gasteiger charge is 2.21. The molecular formula is C15H18N4O3S. The van der Waals surface area contributed by atoms with Gasteiger partial charge in [0.15, 0.2) is 5.58 Å². The van der Waals surface area contributed by atoms with Crippen LogP contribution in [0.4, 0.5) is 5.69 Å². The Morgan fingerprint density at radius 3 is 2.61 bits per heavy atom. The van der Waals surface area contributed by atoms with Gasteiger partial charge in [-0.2, -0.15) is 5.10 Å². The van der Waals surface area contributed by atoms with E-state index >= 15 is 0 Å². The highest BCUT2D eigenvalue weighted by atomic mass is 32.2. The number of nitrogens with zero attached hydrogens (tertiary/aromatic N) is 3. The van der Waals surface area contributed by atoms with Gasteiger partial charge < -0.3 is 4.42 Å². The van der Waals surface area contributed by atoms with Crippen molar-refractivity contribution < 1.29 is 12.8 Å². The molecule has 1 N–H and O–H groups in total. The minimum absolute atomic E-state index is 0.107. The van der Waals surface area contributed by atoms with Crippen molar-refractivity contribution in [3.8, 4) is 0 Å². The van der Waals surface area contributed by atoms with Gasteiger partial charge in [0.1, 0.15) is 10.4 Å². The van der Waals surface area contributed by atoms with Crippen molar-refractivity contribution >= 4 is 26.8 Å². The second kappa shape index (κ2) is 5.09. The minimum atomic E-state index is -3.67. The number of hydrogen-bond acceptors (Lipinski definition) is 5. The predicted octanol–water partition coefficient (Wildman–Crippen LogP) is 2.66. The van der Waals surface area contributed by atoms with Gasteiger partial charge >= 0.3 is 0 Å². The summed E-state index contributed by atoms with van der Waals surface area (Å²) in [6.07, 6.45) is 2.74. The lowest BCUT2D eigenvalue weighted by atomic mass is 9.97. The number of nitrogens with one attached hydrogen (secondary N) is 1. The van der Waals surface area contributed by atoms with E-state index in [-0.39, 0.29) is 10.3 Å². The number of hydrogen-bond donors (Lipinski definition) is 1. The number of rotatable bonds is 3. The Kier molecular flexibility index (Phi) is 3.44. The van der Waals surface area contributed by atoms with Gasteiger partial charge in [-0.15, -0.1) is 0 Å². The fourth-order valence-electron chi connectivity index (χ4n) is 2.06. The van der Waals surface area contributed by atoms with E-state index < -0.39 is 10.0 Å². The molecule has 0 aliphatic heterocycles. The number of oxazole rings is 1. The van der Waals surface area contributed by atoms with Crippen molar-refractivity contribution in [2.75, 3.05) is 4.72 Å². The van der Waals surface area contributed by atoms with Crippen LogP contribution in [0.2, 0.25) is 0 Å². The maximum Gasteiger partial charge on any atom is 0.265 e. The molecule has 2 heterocycles. The SMILES string of the molecule is Cn1cc(S(=O)(=O)Nc2ccc3oc(C(C)(C)C)nc3c2)cn1. The van der Waals surface area contributed by atoms with E-state index in [2.05, 4.69) is 14.8 Å². The fourth-order valence-corrected chi connectivity index (χ4v) is 3.10. The molecule has 0 aliphatic rings. The number of fused-ring (bicyclic) bond motifs is 1. The summed E-state index contributed by atoms with van der Waals surface area (Å²) in [6.45, 7) is 6.01. The van der Waals surface area contributed by atoms with Crippen molar-refractivity contribution in [1.29, 1.82) is 0 Å². The lowest BCUT2D eigenvalue weighted by molar-refractivity contribution is 0.411. The molecule has 8 heteroatoms. The van der Waals surface area contributed by atoms with Crippen LogP contribution in [0, 0.1) is 0 Å². The molecule has 0 fully saturated rings. The molecule has 0 amide bonds. The van der Waals surface area contributed by atoms with E-state index in [9.17, 15) is 8.42 Å². The molecular weight excluding hydrogens is 316 g/mol. The topological polar surface area (TPSA) is 90.0 Å². The maximum atomic E-state index is 12.3. The normalized spacial score (nSPS) is 12.7. The molecule has 0 spiro atoms. The van der Waals surface area contributed by atoms with Crippen LogP contribution in [0.5, 0.6) is 0 Å². The second-order valence-electron chi connectivity index (χ2n) is 6.41. The average Bonchev–Trinajstić information content (AvgIpc) is 3.03. The highest BCUT2D eigenvalue weighted by Crippen LogP contribution is 2.28. The molecule has 3 aromatic rings. The third-order valence-electron chi connectivity index (χ3n) is 3.27. The number of anilines is 1. The fraction of sp³-hybridized carbons (Fsp3) is 0.333. The molecule has 1 aromatic carbocycles. The highest BCUT2D eigenvalue weighted by molar-refractivity contribution is 7.92. The van der Waals surface area contributed by atoms with Crippen LogP contribution >= 0.6 is 0 Å². The number of benzene rings is 1. The van der Waals surface area contributed by atoms with Gasteiger partial charge in [-0.25, -0.2) is 13.4 Å². The molecule has 0 unspecified atom stereocenters. The first-order valence-corrected chi connectivity index (χ1v) is 8.56. The summed E-state index contributed by atoms with van der Waals surface area (Å²) in [6, 6.07) is 5.01. The molecule has 2 aromatic heterocycles. The van der Waals surface area contributed by atoms with Crippen LogP contribution < -0.4 is 4.72 Å². The molecule has 0 bridgehead atoms. The predicted molar refractivity (Wildman–Crippen MR) is 86.7 cm³/mol. The summed E-state index contributed by atoms with van der Waals surface area (Å²) in [5.41, 5.74) is 1.45. The van der Waals surface area contributed by atoms with E-state index in [1.54, 1.807) is 25.2 Å². The van der Waals surface area contributed by atoms with Gasteiger partial charge in [0.2, 0.25) is 5.89 Å². The van der Waals surface area contributed by atoms with Crippen molar-refractivity contribution in [3.63, 3.8) is 0 Å². The first-order chi connectivity index (χ1) is 10.6. The molecule has 7 nitrogen and oxygen atoms in total. The zero-order valence-corrected chi connectivity index (χ0v) is 14.2. The lowest BCUT2D eigenvalue weighted by Gasteiger charge is -2.11. The van der Waals surface area contributed by atoms with Gasteiger partial charge in [-0.3, -0.25) is 9.40 Å². The quantitative estimate of drug-likeness (QED) is 0.795. The largest absolute Gasteiger partial charge is 0.440 e. The van der Waals surface area contributed by atoms with Gasteiger partial charge in [0.05, 0.1) is 11.9 Å².